The van der Waals surface area contributed by atoms with E-state index in [1.807, 2.05) is 0 Å². The maximum atomic E-state index is 13.4. The van der Waals surface area contributed by atoms with Gasteiger partial charge in [-0.25, -0.2) is 9.18 Å². The molecule has 0 aliphatic carbocycles. The van der Waals surface area contributed by atoms with Crippen LogP contribution < -0.4 is 0 Å². The van der Waals surface area contributed by atoms with Crippen LogP contribution in [-0.2, 0) is 19.1 Å². The molecule has 2 aliphatic rings. The Kier molecular flexibility index (Phi) is 7.57. The number of halogens is 1. The van der Waals surface area contributed by atoms with Crippen LogP contribution in [0.15, 0.2) is 54.1 Å². The van der Waals surface area contributed by atoms with Crippen molar-refractivity contribution < 1.29 is 33.4 Å². The summed E-state index contributed by atoms with van der Waals surface area (Å²) in [5, 5.41) is 11.0. The van der Waals surface area contributed by atoms with Gasteiger partial charge < -0.3 is 19.5 Å². The maximum absolute atomic E-state index is 13.4. The molecule has 4 rings (SSSR count). The SMILES string of the molecule is COC(=O)c1ccc([C@@H]2/C(=C(\O)c3ccc(F)cc3)C(=O)C(=O)N2CCCN2CCOCC2)cc1. The van der Waals surface area contributed by atoms with Crippen LogP contribution in [0.4, 0.5) is 4.39 Å². The maximum Gasteiger partial charge on any atom is 0.337 e. The van der Waals surface area contributed by atoms with Crippen LogP contribution >= 0.6 is 0 Å². The highest BCUT2D eigenvalue weighted by atomic mass is 19.1. The molecule has 0 spiro atoms. The van der Waals surface area contributed by atoms with Crippen molar-refractivity contribution in [2.75, 3.05) is 46.5 Å². The normalized spacial score (nSPS) is 20.3. The molecule has 0 saturated carbocycles. The quantitative estimate of drug-likeness (QED) is 0.281. The summed E-state index contributed by atoms with van der Waals surface area (Å²) in [6.45, 7) is 3.97. The van der Waals surface area contributed by atoms with Crippen molar-refractivity contribution in [3.05, 3.63) is 76.6 Å². The molecule has 2 heterocycles. The molecule has 2 fully saturated rings. The van der Waals surface area contributed by atoms with Gasteiger partial charge in [-0.2, -0.15) is 0 Å². The molecule has 9 heteroatoms. The van der Waals surface area contributed by atoms with Gasteiger partial charge in [0.1, 0.15) is 11.6 Å². The molecule has 2 saturated heterocycles. The first-order valence-electron chi connectivity index (χ1n) is 11.4. The molecule has 0 unspecified atom stereocenters. The average Bonchev–Trinajstić information content (AvgIpc) is 3.14. The summed E-state index contributed by atoms with van der Waals surface area (Å²) in [4.78, 5) is 41.7. The van der Waals surface area contributed by atoms with Gasteiger partial charge in [0, 0.05) is 31.7 Å². The van der Waals surface area contributed by atoms with Crippen molar-refractivity contribution in [1.82, 2.24) is 9.80 Å². The number of esters is 1. The third-order valence-electron chi connectivity index (χ3n) is 6.28. The van der Waals surface area contributed by atoms with Gasteiger partial charge in [0.2, 0.25) is 0 Å². The van der Waals surface area contributed by atoms with E-state index in [2.05, 4.69) is 4.90 Å². The first kappa shape index (κ1) is 24.6. The Morgan fingerprint density at radius 3 is 2.29 bits per heavy atom. The second kappa shape index (κ2) is 10.8. The second-order valence-electron chi connectivity index (χ2n) is 8.42. The summed E-state index contributed by atoms with van der Waals surface area (Å²) in [7, 11) is 1.28. The molecule has 0 radical (unpaired) electrons. The lowest BCUT2D eigenvalue weighted by molar-refractivity contribution is -0.140. The number of aliphatic hydroxyl groups excluding tert-OH is 1. The minimum atomic E-state index is -0.851. The number of ketones is 1. The number of likely N-dealkylation sites (tertiary alicyclic amines) is 1. The standard InChI is InChI=1S/C26H27FN2O6/c1-34-26(33)19-5-3-17(4-6-19)22-21(23(30)18-7-9-20(27)10-8-18)24(31)25(32)29(22)12-2-11-28-13-15-35-16-14-28/h3-10,22,30H,2,11-16H2,1H3/b23-21+/t22-/m1/s1. The molecule has 0 bridgehead atoms. The zero-order chi connectivity index (χ0) is 24.9. The predicted octanol–water partition coefficient (Wildman–Crippen LogP) is 2.76. The molecule has 35 heavy (non-hydrogen) atoms. The number of carbonyl (C=O) groups excluding carboxylic acids is 3. The second-order valence-corrected chi connectivity index (χ2v) is 8.42. The lowest BCUT2D eigenvalue weighted by atomic mass is 9.94. The van der Waals surface area contributed by atoms with E-state index in [-0.39, 0.29) is 16.9 Å². The number of morpholine rings is 1. The Labute approximate surface area is 202 Å². The number of aliphatic hydroxyl groups is 1. The number of rotatable bonds is 7. The fourth-order valence-electron chi connectivity index (χ4n) is 4.43. The molecule has 2 aliphatic heterocycles. The molecule has 1 amide bonds. The van der Waals surface area contributed by atoms with Gasteiger partial charge in [-0.1, -0.05) is 12.1 Å². The van der Waals surface area contributed by atoms with Gasteiger partial charge in [0.25, 0.3) is 11.7 Å². The van der Waals surface area contributed by atoms with E-state index in [9.17, 15) is 23.9 Å². The van der Waals surface area contributed by atoms with E-state index in [0.717, 1.165) is 19.6 Å². The fraction of sp³-hybridized carbons (Fsp3) is 0.346. The smallest absolute Gasteiger partial charge is 0.337 e. The van der Waals surface area contributed by atoms with E-state index in [1.165, 1.54) is 36.3 Å². The van der Waals surface area contributed by atoms with Crippen LogP contribution in [0.5, 0.6) is 0 Å². The number of nitrogens with zero attached hydrogens (tertiary/aromatic N) is 2. The summed E-state index contributed by atoms with van der Waals surface area (Å²) >= 11 is 0. The van der Waals surface area contributed by atoms with Gasteiger partial charge in [0.05, 0.1) is 37.5 Å². The first-order valence-corrected chi connectivity index (χ1v) is 11.4. The Morgan fingerprint density at radius 2 is 1.66 bits per heavy atom. The minimum Gasteiger partial charge on any atom is -0.507 e. The van der Waals surface area contributed by atoms with Gasteiger partial charge in [0.15, 0.2) is 0 Å². The average molecular weight is 483 g/mol. The van der Waals surface area contributed by atoms with E-state index >= 15 is 0 Å². The largest absolute Gasteiger partial charge is 0.507 e. The predicted molar refractivity (Wildman–Crippen MR) is 125 cm³/mol. The Bertz CT molecular complexity index is 1120. The van der Waals surface area contributed by atoms with Crippen LogP contribution in [0.25, 0.3) is 5.76 Å². The van der Waals surface area contributed by atoms with Crippen LogP contribution in [0.1, 0.15) is 33.9 Å². The topological polar surface area (TPSA) is 96.4 Å². The van der Waals surface area contributed by atoms with E-state index in [1.54, 1.807) is 24.3 Å². The molecule has 0 aromatic heterocycles. The number of benzene rings is 2. The van der Waals surface area contributed by atoms with Crippen molar-refractivity contribution in [3.8, 4) is 0 Å². The van der Waals surface area contributed by atoms with Crippen molar-refractivity contribution in [3.63, 3.8) is 0 Å². The van der Waals surface area contributed by atoms with E-state index in [0.29, 0.717) is 37.3 Å². The highest BCUT2D eigenvalue weighted by Crippen LogP contribution is 2.39. The fourth-order valence-corrected chi connectivity index (χ4v) is 4.43. The van der Waals surface area contributed by atoms with Crippen LogP contribution in [0.2, 0.25) is 0 Å². The highest BCUT2D eigenvalue weighted by molar-refractivity contribution is 6.46. The summed E-state index contributed by atoms with van der Waals surface area (Å²) < 4.78 is 23.5. The van der Waals surface area contributed by atoms with Crippen LogP contribution in [-0.4, -0.2) is 79.1 Å². The molecule has 1 atom stereocenters. The molecule has 1 N–H and O–H groups in total. The molecule has 184 valence electrons. The lowest BCUT2D eigenvalue weighted by Crippen LogP contribution is -2.39. The molecular formula is C26H27FN2O6. The van der Waals surface area contributed by atoms with Crippen molar-refractivity contribution in [1.29, 1.82) is 0 Å². The molecule has 2 aromatic carbocycles. The Hall–Kier alpha value is -3.56. The summed E-state index contributed by atoms with van der Waals surface area (Å²) in [6.07, 6.45) is 0.625. The number of Topliss-reactive ketones (excluding diaryl/α,β-unsaturated/α-hetero) is 1. The Morgan fingerprint density at radius 1 is 1.03 bits per heavy atom. The molecule has 8 nitrogen and oxygen atoms in total. The molecular weight excluding hydrogens is 455 g/mol. The van der Waals surface area contributed by atoms with E-state index < -0.39 is 29.5 Å². The van der Waals surface area contributed by atoms with Crippen molar-refractivity contribution in [2.45, 2.75) is 12.5 Å². The van der Waals surface area contributed by atoms with Gasteiger partial charge in [-0.15, -0.1) is 0 Å². The number of carbonyl (C=O) groups is 3. The lowest BCUT2D eigenvalue weighted by Gasteiger charge is -2.29. The van der Waals surface area contributed by atoms with Crippen molar-refractivity contribution in [2.24, 2.45) is 0 Å². The summed E-state index contributed by atoms with van der Waals surface area (Å²) in [6, 6.07) is 10.6. The van der Waals surface area contributed by atoms with Crippen molar-refractivity contribution >= 4 is 23.4 Å². The molecule has 2 aromatic rings. The summed E-state index contributed by atoms with van der Waals surface area (Å²) in [5.74, 6) is -2.89. The van der Waals surface area contributed by atoms with Crippen LogP contribution in [0, 0.1) is 5.82 Å². The number of hydrogen-bond acceptors (Lipinski definition) is 7. The highest BCUT2D eigenvalue weighted by Gasteiger charge is 2.45. The zero-order valence-corrected chi connectivity index (χ0v) is 19.4. The van der Waals surface area contributed by atoms with Crippen LogP contribution in [0.3, 0.4) is 0 Å². The third kappa shape index (κ3) is 5.26. The van der Waals surface area contributed by atoms with Gasteiger partial charge in [-0.05, 0) is 48.4 Å². The summed E-state index contributed by atoms with van der Waals surface area (Å²) in [5.41, 5.74) is 1.04. The van der Waals surface area contributed by atoms with Gasteiger partial charge in [-0.3, -0.25) is 14.5 Å². The zero-order valence-electron chi connectivity index (χ0n) is 19.4. The number of methoxy groups -OCH3 is 1. The third-order valence-corrected chi connectivity index (χ3v) is 6.28. The number of hydrogen-bond donors (Lipinski definition) is 1. The Balaban J connectivity index is 1.68. The van der Waals surface area contributed by atoms with E-state index in [4.69, 9.17) is 9.47 Å². The first-order chi connectivity index (χ1) is 16.9. The number of amides is 1. The van der Waals surface area contributed by atoms with Gasteiger partial charge >= 0.3 is 5.97 Å². The monoisotopic (exact) mass is 482 g/mol. The minimum absolute atomic E-state index is 0.0706. The number of ether oxygens (including phenoxy) is 2.